The minimum absolute atomic E-state index is 0.247. The van der Waals surface area contributed by atoms with Crippen LogP contribution in [0.1, 0.15) is 10.5 Å². The van der Waals surface area contributed by atoms with E-state index in [0.717, 1.165) is 0 Å². The fourth-order valence-electron chi connectivity index (χ4n) is 1.65. The van der Waals surface area contributed by atoms with E-state index >= 15 is 0 Å². The molecule has 0 fully saturated rings. The van der Waals surface area contributed by atoms with Crippen LogP contribution < -0.4 is 10.2 Å². The number of aromatic nitrogens is 1. The third kappa shape index (κ3) is 2.88. The number of carbonyl (C=O) groups excluding carboxylic acids is 1. The standard InChI is InChI=1S/C14H14FN3O/c1-16-13-5-3-4-12(17-13)14(19)18(2)11-8-6-10(15)7-9-11/h3-9H,1-2H3,(H,16,17). The van der Waals surface area contributed by atoms with Gasteiger partial charge in [-0.25, -0.2) is 9.37 Å². The molecule has 0 saturated heterocycles. The van der Waals surface area contributed by atoms with Gasteiger partial charge in [0.25, 0.3) is 5.91 Å². The summed E-state index contributed by atoms with van der Waals surface area (Å²) in [5.74, 6) is 0.0435. The molecule has 1 aromatic heterocycles. The normalized spacial score (nSPS) is 10.1. The molecule has 0 radical (unpaired) electrons. The van der Waals surface area contributed by atoms with Crippen LogP contribution in [0.4, 0.5) is 15.9 Å². The second-order valence-corrected chi connectivity index (χ2v) is 4.00. The molecule has 0 aliphatic rings. The highest BCUT2D eigenvalue weighted by molar-refractivity contribution is 6.04. The molecule has 0 aliphatic carbocycles. The molecule has 1 N–H and O–H groups in total. The average Bonchev–Trinajstić information content (AvgIpc) is 2.46. The number of carbonyl (C=O) groups is 1. The van der Waals surface area contributed by atoms with Gasteiger partial charge in [-0.3, -0.25) is 4.79 Å². The molecule has 0 atom stereocenters. The fraction of sp³-hybridized carbons (Fsp3) is 0.143. The number of nitrogens with zero attached hydrogens (tertiary/aromatic N) is 2. The number of amides is 1. The van der Waals surface area contributed by atoms with E-state index in [4.69, 9.17) is 0 Å². The minimum Gasteiger partial charge on any atom is -0.373 e. The molecule has 98 valence electrons. The zero-order valence-corrected chi connectivity index (χ0v) is 10.7. The van der Waals surface area contributed by atoms with Gasteiger partial charge in [-0.15, -0.1) is 0 Å². The molecule has 5 heteroatoms. The number of hydrogen-bond acceptors (Lipinski definition) is 3. The first-order chi connectivity index (χ1) is 9.11. The summed E-state index contributed by atoms with van der Waals surface area (Å²) in [6.45, 7) is 0. The molecule has 0 spiro atoms. The molecule has 1 aromatic carbocycles. The Hall–Kier alpha value is -2.43. The van der Waals surface area contributed by atoms with Crippen LogP contribution in [0.15, 0.2) is 42.5 Å². The van der Waals surface area contributed by atoms with Gasteiger partial charge in [0.1, 0.15) is 17.3 Å². The first-order valence-electron chi connectivity index (χ1n) is 5.80. The Morgan fingerprint density at radius 1 is 1.21 bits per heavy atom. The fourth-order valence-corrected chi connectivity index (χ4v) is 1.65. The van der Waals surface area contributed by atoms with Crippen molar-refractivity contribution in [2.75, 3.05) is 24.3 Å². The van der Waals surface area contributed by atoms with Gasteiger partial charge in [0.15, 0.2) is 0 Å². The molecule has 2 aromatic rings. The summed E-state index contributed by atoms with van der Waals surface area (Å²) in [6, 6.07) is 10.9. The Labute approximate surface area is 110 Å². The van der Waals surface area contributed by atoms with Gasteiger partial charge in [-0.1, -0.05) is 6.07 Å². The number of nitrogens with one attached hydrogen (secondary N) is 1. The van der Waals surface area contributed by atoms with E-state index in [1.54, 1.807) is 44.4 Å². The van der Waals surface area contributed by atoms with E-state index in [1.807, 2.05) is 0 Å². The van der Waals surface area contributed by atoms with Crippen molar-refractivity contribution in [1.29, 1.82) is 0 Å². The Morgan fingerprint density at radius 3 is 2.53 bits per heavy atom. The van der Waals surface area contributed by atoms with Crippen LogP contribution in [0.25, 0.3) is 0 Å². The molecule has 2 rings (SSSR count). The lowest BCUT2D eigenvalue weighted by atomic mass is 10.2. The highest BCUT2D eigenvalue weighted by atomic mass is 19.1. The maximum Gasteiger partial charge on any atom is 0.276 e. The average molecular weight is 259 g/mol. The summed E-state index contributed by atoms with van der Waals surface area (Å²) >= 11 is 0. The Kier molecular flexibility index (Phi) is 3.75. The maximum absolute atomic E-state index is 12.8. The molecule has 0 aliphatic heterocycles. The van der Waals surface area contributed by atoms with Crippen molar-refractivity contribution in [2.24, 2.45) is 0 Å². The Balaban J connectivity index is 2.25. The van der Waals surface area contributed by atoms with E-state index < -0.39 is 0 Å². The van der Waals surface area contributed by atoms with Crippen molar-refractivity contribution in [3.63, 3.8) is 0 Å². The van der Waals surface area contributed by atoms with Crippen molar-refractivity contribution >= 4 is 17.4 Å². The molecule has 19 heavy (non-hydrogen) atoms. The molecule has 0 unspecified atom stereocenters. The summed E-state index contributed by atoms with van der Waals surface area (Å²) in [5, 5.41) is 2.88. The van der Waals surface area contributed by atoms with Crippen molar-refractivity contribution in [3.05, 3.63) is 54.0 Å². The molecular formula is C14H14FN3O. The summed E-state index contributed by atoms with van der Waals surface area (Å²) in [5.41, 5.74) is 0.946. The molecule has 1 heterocycles. The predicted molar refractivity (Wildman–Crippen MR) is 72.9 cm³/mol. The van der Waals surface area contributed by atoms with Crippen LogP contribution in [-0.2, 0) is 0 Å². The monoisotopic (exact) mass is 259 g/mol. The second-order valence-electron chi connectivity index (χ2n) is 4.00. The van der Waals surface area contributed by atoms with Crippen LogP contribution >= 0.6 is 0 Å². The zero-order valence-electron chi connectivity index (χ0n) is 10.7. The molecule has 0 saturated carbocycles. The van der Waals surface area contributed by atoms with Gasteiger partial charge in [0.05, 0.1) is 0 Å². The molecule has 0 bridgehead atoms. The summed E-state index contributed by atoms with van der Waals surface area (Å²) in [4.78, 5) is 17.9. The molecular weight excluding hydrogens is 245 g/mol. The quantitative estimate of drug-likeness (QED) is 0.921. The third-order valence-electron chi connectivity index (χ3n) is 2.74. The van der Waals surface area contributed by atoms with Gasteiger partial charge >= 0.3 is 0 Å². The third-order valence-corrected chi connectivity index (χ3v) is 2.74. The van der Waals surface area contributed by atoms with Crippen LogP contribution in [0.2, 0.25) is 0 Å². The lowest BCUT2D eigenvalue weighted by Crippen LogP contribution is -2.27. The SMILES string of the molecule is CNc1cccc(C(=O)N(C)c2ccc(F)cc2)n1. The van der Waals surface area contributed by atoms with Gasteiger partial charge in [0.2, 0.25) is 0 Å². The number of rotatable bonds is 3. The number of halogens is 1. The number of benzene rings is 1. The van der Waals surface area contributed by atoms with Crippen molar-refractivity contribution in [2.45, 2.75) is 0 Å². The van der Waals surface area contributed by atoms with Gasteiger partial charge < -0.3 is 10.2 Å². The van der Waals surface area contributed by atoms with Crippen LogP contribution in [0.5, 0.6) is 0 Å². The Morgan fingerprint density at radius 2 is 1.89 bits per heavy atom. The minimum atomic E-state index is -0.333. The summed E-state index contributed by atoms with van der Waals surface area (Å²) in [6.07, 6.45) is 0. The van der Waals surface area contributed by atoms with Crippen LogP contribution in [-0.4, -0.2) is 25.0 Å². The largest absolute Gasteiger partial charge is 0.373 e. The predicted octanol–water partition coefficient (Wildman–Crippen LogP) is 2.54. The molecule has 1 amide bonds. The maximum atomic E-state index is 12.8. The summed E-state index contributed by atoms with van der Waals surface area (Å²) in [7, 11) is 3.36. The topological polar surface area (TPSA) is 45.2 Å². The van der Waals surface area contributed by atoms with E-state index in [-0.39, 0.29) is 11.7 Å². The number of anilines is 2. The first kappa shape index (κ1) is 13.0. The molecule has 4 nitrogen and oxygen atoms in total. The zero-order chi connectivity index (χ0) is 13.8. The van der Waals surface area contributed by atoms with E-state index in [2.05, 4.69) is 10.3 Å². The lowest BCUT2D eigenvalue weighted by Gasteiger charge is -2.17. The van der Waals surface area contributed by atoms with Gasteiger partial charge in [-0.05, 0) is 36.4 Å². The van der Waals surface area contributed by atoms with E-state index in [0.29, 0.717) is 17.2 Å². The Bertz CT molecular complexity index is 583. The van der Waals surface area contributed by atoms with Crippen molar-refractivity contribution in [1.82, 2.24) is 4.98 Å². The van der Waals surface area contributed by atoms with Crippen molar-refractivity contribution in [3.8, 4) is 0 Å². The first-order valence-corrected chi connectivity index (χ1v) is 5.80. The second kappa shape index (κ2) is 5.48. The van der Waals surface area contributed by atoms with E-state index in [9.17, 15) is 9.18 Å². The van der Waals surface area contributed by atoms with Gasteiger partial charge in [-0.2, -0.15) is 0 Å². The highest BCUT2D eigenvalue weighted by Gasteiger charge is 2.15. The van der Waals surface area contributed by atoms with E-state index in [1.165, 1.54) is 17.0 Å². The van der Waals surface area contributed by atoms with Gasteiger partial charge in [0, 0.05) is 19.8 Å². The summed E-state index contributed by atoms with van der Waals surface area (Å²) < 4.78 is 12.8. The van der Waals surface area contributed by atoms with Crippen LogP contribution in [0.3, 0.4) is 0 Å². The lowest BCUT2D eigenvalue weighted by molar-refractivity contribution is 0.0988. The number of hydrogen-bond donors (Lipinski definition) is 1. The van der Waals surface area contributed by atoms with Crippen molar-refractivity contribution < 1.29 is 9.18 Å². The van der Waals surface area contributed by atoms with Crippen LogP contribution in [0, 0.1) is 5.82 Å². The smallest absolute Gasteiger partial charge is 0.276 e. The number of pyridine rings is 1. The highest BCUT2D eigenvalue weighted by Crippen LogP contribution is 2.16.